The summed E-state index contributed by atoms with van der Waals surface area (Å²) in [5.74, 6) is -0.507. The van der Waals surface area contributed by atoms with Crippen LogP contribution in [0.2, 0.25) is 0 Å². The van der Waals surface area contributed by atoms with E-state index in [1.54, 1.807) is 24.3 Å². The number of nitrogens with zero attached hydrogens (tertiary/aromatic N) is 2. The predicted octanol–water partition coefficient (Wildman–Crippen LogP) is 5.49. The van der Waals surface area contributed by atoms with Gasteiger partial charge in [0.05, 0.1) is 28.5 Å². The highest BCUT2D eigenvalue weighted by molar-refractivity contribution is 5.94. The van der Waals surface area contributed by atoms with Crippen molar-refractivity contribution in [3.8, 4) is 6.07 Å². The molecule has 2 N–H and O–H groups in total. The van der Waals surface area contributed by atoms with Crippen LogP contribution >= 0.6 is 0 Å². The summed E-state index contributed by atoms with van der Waals surface area (Å²) in [6.45, 7) is 7.18. The van der Waals surface area contributed by atoms with E-state index >= 15 is 0 Å². The van der Waals surface area contributed by atoms with Crippen molar-refractivity contribution >= 4 is 28.5 Å². The molecular weight excluding hydrogens is 430 g/mol. The third kappa shape index (κ3) is 4.36. The quantitative estimate of drug-likeness (QED) is 0.502. The van der Waals surface area contributed by atoms with Gasteiger partial charge in [-0.2, -0.15) is 5.26 Å². The monoisotopic (exact) mass is 459 g/mol. The Morgan fingerprint density at radius 2 is 1.97 bits per heavy atom. The maximum absolute atomic E-state index is 13.1. The van der Waals surface area contributed by atoms with Crippen LogP contribution < -0.4 is 15.6 Å². The van der Waals surface area contributed by atoms with Crippen molar-refractivity contribution in [2.24, 2.45) is 5.41 Å². The van der Waals surface area contributed by atoms with Crippen LogP contribution in [0.1, 0.15) is 60.6 Å². The van der Waals surface area contributed by atoms with E-state index in [1.165, 1.54) is 6.07 Å². The van der Waals surface area contributed by atoms with Gasteiger partial charge in [-0.05, 0) is 56.9 Å². The SMILES string of the molecule is CCC1(C#N)CCN(c2cc(=O)c3cc(C)cc(C(C)Nc4ccccc4C(=O)O)c3o2)CC1. The van der Waals surface area contributed by atoms with Crippen molar-refractivity contribution in [1.82, 2.24) is 0 Å². The molecule has 1 aliphatic heterocycles. The van der Waals surface area contributed by atoms with E-state index in [2.05, 4.69) is 11.4 Å². The zero-order valence-corrected chi connectivity index (χ0v) is 19.7. The second-order valence-corrected chi connectivity index (χ2v) is 9.13. The van der Waals surface area contributed by atoms with E-state index in [0.29, 0.717) is 35.6 Å². The van der Waals surface area contributed by atoms with Crippen LogP contribution in [0.4, 0.5) is 11.6 Å². The standard InChI is InChI=1S/C27H29N3O4/c1-4-27(16-28)9-11-30(12-10-27)24-15-23(31)21-14-17(2)13-20(25(21)34-24)18(3)29-22-8-6-5-7-19(22)26(32)33/h5-8,13-15,18,29H,4,9-12H2,1-3H3,(H,32,33). The Morgan fingerprint density at radius 3 is 2.62 bits per heavy atom. The van der Waals surface area contributed by atoms with Crippen LogP contribution in [0.5, 0.6) is 0 Å². The number of aromatic carboxylic acids is 1. The molecule has 1 fully saturated rings. The Balaban J connectivity index is 1.72. The molecule has 1 atom stereocenters. The molecule has 0 amide bonds. The van der Waals surface area contributed by atoms with Crippen molar-refractivity contribution in [2.45, 2.75) is 46.1 Å². The molecule has 0 spiro atoms. The Bertz CT molecular complexity index is 1330. The van der Waals surface area contributed by atoms with Crippen LogP contribution in [0.15, 0.2) is 51.7 Å². The highest BCUT2D eigenvalue weighted by atomic mass is 16.4. The summed E-state index contributed by atoms with van der Waals surface area (Å²) in [4.78, 5) is 26.7. The first kappa shape index (κ1) is 23.4. The number of hydrogen-bond donors (Lipinski definition) is 2. The number of aryl methyl sites for hydroxylation is 1. The van der Waals surface area contributed by atoms with Gasteiger partial charge in [-0.15, -0.1) is 0 Å². The summed E-state index contributed by atoms with van der Waals surface area (Å²) in [6, 6.07) is 14.2. The summed E-state index contributed by atoms with van der Waals surface area (Å²) < 4.78 is 6.33. The number of carboxylic acids is 1. The molecule has 0 saturated carbocycles. The fraction of sp³-hybridized carbons (Fsp3) is 0.370. The predicted molar refractivity (Wildman–Crippen MR) is 132 cm³/mol. The minimum absolute atomic E-state index is 0.119. The van der Waals surface area contributed by atoms with Crippen LogP contribution in [0.3, 0.4) is 0 Å². The maximum atomic E-state index is 13.1. The number of fused-ring (bicyclic) bond motifs is 1. The third-order valence-electron chi connectivity index (χ3n) is 6.93. The minimum atomic E-state index is -1.01. The number of para-hydroxylation sites is 1. The maximum Gasteiger partial charge on any atom is 0.337 e. The molecule has 3 aromatic rings. The highest BCUT2D eigenvalue weighted by Crippen LogP contribution is 2.37. The van der Waals surface area contributed by atoms with Gasteiger partial charge in [0.1, 0.15) is 5.58 Å². The summed E-state index contributed by atoms with van der Waals surface area (Å²) in [5.41, 5.74) is 2.44. The van der Waals surface area contributed by atoms with Gasteiger partial charge in [-0.1, -0.05) is 25.1 Å². The highest BCUT2D eigenvalue weighted by Gasteiger charge is 2.34. The van der Waals surface area contributed by atoms with Crippen LogP contribution in [-0.4, -0.2) is 24.2 Å². The largest absolute Gasteiger partial charge is 0.478 e. The molecule has 1 unspecified atom stereocenters. The number of carbonyl (C=O) groups is 1. The molecule has 1 aliphatic rings. The Kier molecular flexibility index (Phi) is 6.34. The summed E-state index contributed by atoms with van der Waals surface area (Å²) in [5, 5.41) is 22.9. The van der Waals surface area contributed by atoms with Gasteiger partial charge in [0.15, 0.2) is 11.3 Å². The molecule has 34 heavy (non-hydrogen) atoms. The second-order valence-electron chi connectivity index (χ2n) is 9.13. The fourth-order valence-corrected chi connectivity index (χ4v) is 4.71. The zero-order chi connectivity index (χ0) is 24.5. The summed E-state index contributed by atoms with van der Waals surface area (Å²) >= 11 is 0. The average Bonchev–Trinajstić information content (AvgIpc) is 2.84. The lowest BCUT2D eigenvalue weighted by Gasteiger charge is -2.37. The molecule has 1 saturated heterocycles. The number of nitriles is 1. The molecule has 7 heteroatoms. The lowest BCUT2D eigenvalue weighted by atomic mass is 9.78. The Morgan fingerprint density at radius 1 is 1.26 bits per heavy atom. The zero-order valence-electron chi connectivity index (χ0n) is 19.7. The van der Waals surface area contributed by atoms with E-state index in [-0.39, 0.29) is 22.4 Å². The number of anilines is 2. The topological polar surface area (TPSA) is 107 Å². The van der Waals surface area contributed by atoms with Crippen molar-refractivity contribution < 1.29 is 14.3 Å². The molecule has 7 nitrogen and oxygen atoms in total. The van der Waals surface area contributed by atoms with Crippen molar-refractivity contribution in [3.63, 3.8) is 0 Å². The van der Waals surface area contributed by atoms with Crippen LogP contribution in [0.25, 0.3) is 11.0 Å². The molecule has 176 valence electrons. The summed E-state index contributed by atoms with van der Waals surface area (Å²) in [7, 11) is 0. The number of nitrogens with one attached hydrogen (secondary N) is 1. The lowest BCUT2D eigenvalue weighted by molar-refractivity contribution is 0.0698. The Labute approximate surface area is 198 Å². The van der Waals surface area contributed by atoms with Crippen molar-refractivity contribution in [1.29, 1.82) is 5.26 Å². The van der Waals surface area contributed by atoms with Gasteiger partial charge in [0, 0.05) is 30.4 Å². The minimum Gasteiger partial charge on any atom is -0.478 e. The van der Waals surface area contributed by atoms with Gasteiger partial charge >= 0.3 is 5.97 Å². The van der Waals surface area contributed by atoms with Gasteiger partial charge in [0.25, 0.3) is 0 Å². The molecule has 4 rings (SSSR count). The fourth-order valence-electron chi connectivity index (χ4n) is 4.71. The van der Waals surface area contributed by atoms with Crippen molar-refractivity contribution in [3.05, 3.63) is 69.4 Å². The average molecular weight is 460 g/mol. The second kappa shape index (κ2) is 9.22. The number of rotatable bonds is 6. The van der Waals surface area contributed by atoms with E-state index in [4.69, 9.17) is 4.42 Å². The van der Waals surface area contributed by atoms with Gasteiger partial charge < -0.3 is 19.7 Å². The normalized spacial score (nSPS) is 16.1. The molecular formula is C27H29N3O4. The first-order chi connectivity index (χ1) is 16.3. The molecule has 0 bridgehead atoms. The summed E-state index contributed by atoms with van der Waals surface area (Å²) in [6.07, 6.45) is 2.27. The number of hydrogen-bond acceptors (Lipinski definition) is 6. The lowest BCUT2D eigenvalue weighted by Crippen LogP contribution is -2.39. The number of carboxylic acid groups (broad SMARTS) is 1. The van der Waals surface area contributed by atoms with Crippen LogP contribution in [0, 0.1) is 23.7 Å². The van der Waals surface area contributed by atoms with Gasteiger partial charge in [0.2, 0.25) is 0 Å². The first-order valence-electron chi connectivity index (χ1n) is 11.6. The third-order valence-corrected chi connectivity index (χ3v) is 6.93. The molecule has 2 aromatic carbocycles. The van der Waals surface area contributed by atoms with Crippen molar-refractivity contribution in [2.75, 3.05) is 23.3 Å². The van der Waals surface area contributed by atoms with E-state index in [9.17, 15) is 20.0 Å². The molecule has 2 heterocycles. The molecule has 1 aromatic heterocycles. The molecule has 0 radical (unpaired) electrons. The van der Waals surface area contributed by atoms with E-state index in [1.807, 2.05) is 37.8 Å². The first-order valence-corrected chi connectivity index (χ1v) is 11.6. The van der Waals surface area contributed by atoms with Gasteiger partial charge in [-0.25, -0.2) is 4.79 Å². The van der Waals surface area contributed by atoms with Crippen LogP contribution in [-0.2, 0) is 0 Å². The van der Waals surface area contributed by atoms with Gasteiger partial charge in [-0.3, -0.25) is 4.79 Å². The van der Waals surface area contributed by atoms with E-state index < -0.39 is 5.97 Å². The number of benzene rings is 2. The van der Waals surface area contributed by atoms with E-state index in [0.717, 1.165) is 30.4 Å². The smallest absolute Gasteiger partial charge is 0.337 e. The number of piperidine rings is 1. The molecule has 0 aliphatic carbocycles. The Hall–Kier alpha value is -3.79.